The van der Waals surface area contributed by atoms with Crippen LogP contribution in [0, 0.1) is 0 Å². The number of nitrogens with one attached hydrogen (secondary N) is 1. The largest absolute Gasteiger partial charge is 0.383 e. The average Bonchev–Trinajstić information content (AvgIpc) is 2.88. The average molecular weight is 372 g/mol. The van der Waals surface area contributed by atoms with Gasteiger partial charge in [-0.15, -0.1) is 23.1 Å². The van der Waals surface area contributed by atoms with E-state index >= 15 is 0 Å². The first-order valence-corrected chi connectivity index (χ1v) is 9.08. The minimum absolute atomic E-state index is 0.752. The minimum atomic E-state index is 0.752. The standard InChI is InChI=1S/C15H18BrNOS2/c1-18-6-5-17-9-12-3-2-4-14(7-12)20-11-15-8-13(16)10-19-15/h2-4,7-8,10,17H,5-6,9,11H2,1H3. The van der Waals surface area contributed by atoms with E-state index in [0.717, 1.165) is 25.4 Å². The molecule has 0 bridgehead atoms. The van der Waals surface area contributed by atoms with Crippen LogP contribution in [0.3, 0.4) is 0 Å². The van der Waals surface area contributed by atoms with E-state index in [1.807, 2.05) is 11.8 Å². The smallest absolute Gasteiger partial charge is 0.0587 e. The highest BCUT2D eigenvalue weighted by Crippen LogP contribution is 2.28. The third-order valence-corrected chi connectivity index (χ3v) is 5.64. The van der Waals surface area contributed by atoms with Gasteiger partial charge in [0.2, 0.25) is 0 Å². The van der Waals surface area contributed by atoms with Gasteiger partial charge in [-0.2, -0.15) is 0 Å². The summed E-state index contributed by atoms with van der Waals surface area (Å²) < 4.78 is 6.20. The van der Waals surface area contributed by atoms with Crippen molar-refractivity contribution < 1.29 is 4.74 Å². The van der Waals surface area contributed by atoms with Crippen LogP contribution in [-0.4, -0.2) is 20.3 Å². The van der Waals surface area contributed by atoms with Crippen LogP contribution >= 0.6 is 39.0 Å². The van der Waals surface area contributed by atoms with Crippen molar-refractivity contribution in [2.45, 2.75) is 17.2 Å². The zero-order chi connectivity index (χ0) is 14.2. The predicted molar refractivity (Wildman–Crippen MR) is 91.6 cm³/mol. The van der Waals surface area contributed by atoms with Crippen LogP contribution in [0.5, 0.6) is 0 Å². The lowest BCUT2D eigenvalue weighted by molar-refractivity contribution is 0.199. The van der Waals surface area contributed by atoms with Crippen molar-refractivity contribution in [3.05, 3.63) is 50.6 Å². The maximum atomic E-state index is 5.02. The Hall–Kier alpha value is -0.330. The highest BCUT2D eigenvalue weighted by atomic mass is 79.9. The first kappa shape index (κ1) is 16.0. The van der Waals surface area contributed by atoms with E-state index in [1.54, 1.807) is 18.4 Å². The normalized spacial score (nSPS) is 10.9. The van der Waals surface area contributed by atoms with E-state index in [-0.39, 0.29) is 0 Å². The fourth-order valence-electron chi connectivity index (χ4n) is 1.74. The van der Waals surface area contributed by atoms with Gasteiger partial charge in [-0.3, -0.25) is 0 Å². The van der Waals surface area contributed by atoms with Gasteiger partial charge in [-0.1, -0.05) is 12.1 Å². The number of thioether (sulfide) groups is 1. The summed E-state index contributed by atoms with van der Waals surface area (Å²) in [6.07, 6.45) is 0. The Labute approximate surface area is 137 Å². The number of benzene rings is 1. The molecule has 2 nitrogen and oxygen atoms in total. The number of rotatable bonds is 8. The zero-order valence-corrected chi connectivity index (χ0v) is 14.6. The molecule has 1 N–H and O–H groups in total. The van der Waals surface area contributed by atoms with E-state index in [4.69, 9.17) is 4.74 Å². The van der Waals surface area contributed by atoms with Crippen LogP contribution in [0.25, 0.3) is 0 Å². The summed E-state index contributed by atoms with van der Waals surface area (Å²) in [4.78, 5) is 2.71. The predicted octanol–water partition coefficient (Wildman–Crippen LogP) is 4.54. The van der Waals surface area contributed by atoms with Crippen LogP contribution in [0.15, 0.2) is 45.1 Å². The van der Waals surface area contributed by atoms with E-state index in [9.17, 15) is 0 Å². The molecule has 2 rings (SSSR count). The fourth-order valence-corrected chi connectivity index (χ4v) is 4.22. The highest BCUT2D eigenvalue weighted by Gasteiger charge is 2.01. The molecule has 0 aliphatic heterocycles. The van der Waals surface area contributed by atoms with Crippen LogP contribution in [0.2, 0.25) is 0 Å². The maximum absolute atomic E-state index is 5.02. The molecule has 0 aliphatic carbocycles. The lowest BCUT2D eigenvalue weighted by Gasteiger charge is -2.06. The molecule has 0 unspecified atom stereocenters. The molecule has 0 saturated heterocycles. The molecule has 2 aromatic rings. The van der Waals surface area contributed by atoms with E-state index in [2.05, 4.69) is 57.0 Å². The number of hydrogen-bond donors (Lipinski definition) is 1. The fraction of sp³-hybridized carbons (Fsp3) is 0.333. The molecule has 0 spiro atoms. The van der Waals surface area contributed by atoms with Gasteiger partial charge in [-0.05, 0) is 39.7 Å². The van der Waals surface area contributed by atoms with E-state index in [0.29, 0.717) is 0 Å². The number of ether oxygens (including phenoxy) is 1. The molecule has 0 aliphatic rings. The summed E-state index contributed by atoms with van der Waals surface area (Å²) in [5, 5.41) is 5.50. The molecule has 0 amide bonds. The molecule has 0 atom stereocenters. The van der Waals surface area contributed by atoms with Gasteiger partial charge in [0.1, 0.15) is 0 Å². The first-order chi connectivity index (χ1) is 9.78. The molecular weight excluding hydrogens is 354 g/mol. The molecular formula is C15H18BrNOS2. The molecule has 20 heavy (non-hydrogen) atoms. The third-order valence-electron chi connectivity index (χ3n) is 2.71. The number of methoxy groups -OCH3 is 1. The van der Waals surface area contributed by atoms with Crippen molar-refractivity contribution in [3.63, 3.8) is 0 Å². The third kappa shape index (κ3) is 5.58. The van der Waals surface area contributed by atoms with Gasteiger partial charge in [0.15, 0.2) is 0 Å². The first-order valence-electron chi connectivity index (χ1n) is 6.42. The maximum Gasteiger partial charge on any atom is 0.0587 e. The van der Waals surface area contributed by atoms with E-state index < -0.39 is 0 Å². The second kappa shape index (κ2) is 8.85. The minimum Gasteiger partial charge on any atom is -0.383 e. The second-order valence-corrected chi connectivity index (χ2v) is 7.30. The lowest BCUT2D eigenvalue weighted by atomic mass is 10.2. The van der Waals surface area contributed by atoms with Gasteiger partial charge in [0.25, 0.3) is 0 Å². The topological polar surface area (TPSA) is 21.3 Å². The Balaban J connectivity index is 1.82. The Morgan fingerprint density at radius 2 is 2.25 bits per heavy atom. The summed E-state index contributed by atoms with van der Waals surface area (Å²) in [5.74, 6) is 1.02. The van der Waals surface area contributed by atoms with Gasteiger partial charge < -0.3 is 10.1 Å². The molecule has 5 heteroatoms. The molecule has 0 saturated carbocycles. The highest BCUT2D eigenvalue weighted by molar-refractivity contribution is 9.10. The summed E-state index contributed by atoms with van der Waals surface area (Å²) in [5.41, 5.74) is 1.32. The molecule has 0 radical (unpaired) electrons. The van der Waals surface area contributed by atoms with Crippen LogP contribution in [0.1, 0.15) is 10.4 Å². The van der Waals surface area contributed by atoms with E-state index in [1.165, 1.54) is 19.8 Å². The summed E-state index contributed by atoms with van der Waals surface area (Å²) in [6.45, 7) is 2.53. The Bertz CT molecular complexity index is 530. The van der Waals surface area contributed by atoms with Crippen molar-refractivity contribution in [1.29, 1.82) is 0 Å². The monoisotopic (exact) mass is 371 g/mol. The van der Waals surface area contributed by atoms with Gasteiger partial charge in [-0.25, -0.2) is 0 Å². The number of halogens is 1. The molecule has 1 aromatic carbocycles. The van der Waals surface area contributed by atoms with Crippen LogP contribution < -0.4 is 5.32 Å². The quantitative estimate of drug-likeness (QED) is 0.543. The SMILES string of the molecule is COCCNCc1cccc(SCc2cc(Br)cs2)c1. The van der Waals surface area contributed by atoms with Crippen LogP contribution in [-0.2, 0) is 17.0 Å². The van der Waals surface area contributed by atoms with Gasteiger partial charge in [0, 0.05) is 45.6 Å². The second-order valence-electron chi connectivity index (χ2n) is 4.34. The lowest BCUT2D eigenvalue weighted by Crippen LogP contribution is -2.18. The zero-order valence-electron chi connectivity index (χ0n) is 11.4. The van der Waals surface area contributed by atoms with Crippen LogP contribution in [0.4, 0.5) is 0 Å². The molecule has 1 heterocycles. The Morgan fingerprint density at radius 3 is 3.00 bits per heavy atom. The Morgan fingerprint density at radius 1 is 1.35 bits per heavy atom. The summed E-state index contributed by atoms with van der Waals surface area (Å²) in [6, 6.07) is 10.9. The number of thiophene rings is 1. The van der Waals surface area contributed by atoms with Crippen molar-refractivity contribution in [2.24, 2.45) is 0 Å². The molecule has 1 aromatic heterocycles. The number of hydrogen-bond acceptors (Lipinski definition) is 4. The van der Waals surface area contributed by atoms with Gasteiger partial charge >= 0.3 is 0 Å². The Kier molecular flexibility index (Phi) is 7.10. The molecule has 108 valence electrons. The van der Waals surface area contributed by atoms with Crippen molar-refractivity contribution in [1.82, 2.24) is 5.32 Å². The van der Waals surface area contributed by atoms with Crippen molar-refractivity contribution >= 4 is 39.0 Å². The molecule has 0 fully saturated rings. The van der Waals surface area contributed by atoms with Crippen molar-refractivity contribution in [2.75, 3.05) is 20.3 Å². The summed E-state index contributed by atoms with van der Waals surface area (Å²) >= 11 is 7.17. The summed E-state index contributed by atoms with van der Waals surface area (Å²) in [7, 11) is 1.72. The van der Waals surface area contributed by atoms with Gasteiger partial charge in [0.05, 0.1) is 6.61 Å². The van der Waals surface area contributed by atoms with Crippen molar-refractivity contribution in [3.8, 4) is 0 Å².